The maximum atomic E-state index is 13.5. The van der Waals surface area contributed by atoms with Gasteiger partial charge in [0.2, 0.25) is 10.0 Å². The lowest BCUT2D eigenvalue weighted by molar-refractivity contribution is 0.273. The molecule has 11 heteroatoms. The van der Waals surface area contributed by atoms with Crippen LogP contribution in [0.1, 0.15) is 0 Å². The predicted octanol–water partition coefficient (Wildman–Crippen LogP) is 0.0980. The second-order valence-corrected chi connectivity index (χ2v) is 8.76. The maximum Gasteiger partial charge on any atom is 0.276 e. The highest BCUT2D eigenvalue weighted by Gasteiger charge is 2.31. The van der Waals surface area contributed by atoms with Gasteiger partial charge < -0.3 is 0 Å². The lowest BCUT2D eigenvalue weighted by Crippen LogP contribution is -2.52. The number of benzene rings is 1. The summed E-state index contributed by atoms with van der Waals surface area (Å²) in [5, 5.41) is 4.99. The van der Waals surface area contributed by atoms with Crippen LogP contribution >= 0.6 is 15.9 Å². The zero-order valence-electron chi connectivity index (χ0n) is 10.7. The lowest BCUT2D eigenvalue weighted by atomic mass is 10.3. The van der Waals surface area contributed by atoms with Crippen molar-refractivity contribution in [3.05, 3.63) is 28.5 Å². The fourth-order valence-corrected chi connectivity index (χ4v) is 4.30. The summed E-state index contributed by atoms with van der Waals surface area (Å²) in [6.45, 7) is -0.124. The largest absolute Gasteiger partial charge is 0.276 e. The molecule has 2 rings (SSSR count). The van der Waals surface area contributed by atoms with E-state index in [-0.39, 0.29) is 35.5 Å². The number of piperazine rings is 1. The summed E-state index contributed by atoms with van der Waals surface area (Å²) in [4.78, 5) is -0.174. The van der Waals surface area contributed by atoms with E-state index in [9.17, 15) is 21.2 Å². The van der Waals surface area contributed by atoms with Crippen molar-refractivity contribution < 1.29 is 21.2 Å². The second kappa shape index (κ2) is 5.89. The molecule has 1 aromatic rings. The number of nitrogens with zero attached hydrogens (tertiary/aromatic N) is 2. The molecule has 0 amide bonds. The van der Waals surface area contributed by atoms with Gasteiger partial charge in [-0.25, -0.2) is 17.9 Å². The molecule has 1 aliphatic heterocycles. The highest BCUT2D eigenvalue weighted by atomic mass is 79.9. The van der Waals surface area contributed by atoms with E-state index >= 15 is 0 Å². The summed E-state index contributed by atoms with van der Waals surface area (Å²) in [5.41, 5.74) is 0. The van der Waals surface area contributed by atoms with Gasteiger partial charge in [0.25, 0.3) is 10.2 Å². The summed E-state index contributed by atoms with van der Waals surface area (Å²) in [6.07, 6.45) is 0. The Labute approximate surface area is 130 Å². The van der Waals surface area contributed by atoms with Crippen molar-refractivity contribution in [1.82, 2.24) is 8.61 Å². The molecule has 21 heavy (non-hydrogen) atoms. The Hall–Kier alpha value is -0.590. The van der Waals surface area contributed by atoms with Crippen LogP contribution in [0.15, 0.2) is 27.6 Å². The van der Waals surface area contributed by atoms with Crippen molar-refractivity contribution in [3.63, 3.8) is 0 Å². The topological polar surface area (TPSA) is 101 Å². The van der Waals surface area contributed by atoms with E-state index in [0.717, 1.165) is 14.7 Å². The highest BCUT2D eigenvalue weighted by molar-refractivity contribution is 9.10. The third-order valence-corrected chi connectivity index (χ3v) is 6.71. The standard InChI is InChI=1S/C10H13BrFN3O4S2/c11-9-2-1-8(7-10(9)12)20(16,17)14-3-5-15(6-4-14)21(13,18)19/h1-2,7H,3-6H2,(H2,13,18,19). The van der Waals surface area contributed by atoms with Gasteiger partial charge in [-0.3, -0.25) is 0 Å². The van der Waals surface area contributed by atoms with Gasteiger partial charge in [-0.2, -0.15) is 17.0 Å². The van der Waals surface area contributed by atoms with Crippen LogP contribution in [0.4, 0.5) is 4.39 Å². The van der Waals surface area contributed by atoms with E-state index in [0.29, 0.717) is 0 Å². The Morgan fingerprint density at radius 3 is 2.05 bits per heavy atom. The molecule has 1 fully saturated rings. The minimum Gasteiger partial charge on any atom is -0.216 e. The minimum absolute atomic E-state index is 0.0307. The van der Waals surface area contributed by atoms with E-state index in [2.05, 4.69) is 15.9 Å². The van der Waals surface area contributed by atoms with Crippen molar-refractivity contribution >= 4 is 36.2 Å². The molecular weight excluding hydrogens is 389 g/mol. The maximum absolute atomic E-state index is 13.5. The van der Waals surface area contributed by atoms with Crippen molar-refractivity contribution in [3.8, 4) is 0 Å². The van der Waals surface area contributed by atoms with Crippen LogP contribution in [-0.2, 0) is 20.2 Å². The van der Waals surface area contributed by atoms with Crippen LogP contribution in [-0.4, -0.2) is 51.6 Å². The van der Waals surface area contributed by atoms with Crippen LogP contribution in [0.2, 0.25) is 0 Å². The van der Waals surface area contributed by atoms with E-state index in [4.69, 9.17) is 5.14 Å². The smallest absolute Gasteiger partial charge is 0.216 e. The lowest BCUT2D eigenvalue weighted by Gasteiger charge is -2.32. The molecule has 2 N–H and O–H groups in total. The number of sulfonamides is 1. The first-order chi connectivity index (χ1) is 9.62. The Bertz CT molecular complexity index is 746. The normalized spacial score (nSPS) is 18.8. The fraction of sp³-hybridized carbons (Fsp3) is 0.400. The Balaban J connectivity index is 2.20. The summed E-state index contributed by atoms with van der Waals surface area (Å²) < 4.78 is 62.8. The zero-order valence-corrected chi connectivity index (χ0v) is 14.0. The van der Waals surface area contributed by atoms with Gasteiger partial charge in [0.1, 0.15) is 5.82 Å². The molecule has 1 saturated heterocycles. The van der Waals surface area contributed by atoms with Gasteiger partial charge in [0, 0.05) is 26.2 Å². The molecule has 0 aliphatic carbocycles. The number of halogens is 2. The van der Waals surface area contributed by atoms with Gasteiger partial charge in [-0.15, -0.1) is 0 Å². The Morgan fingerprint density at radius 2 is 1.57 bits per heavy atom. The monoisotopic (exact) mass is 401 g/mol. The summed E-state index contributed by atoms with van der Waals surface area (Å²) in [6, 6.07) is 3.52. The minimum atomic E-state index is -3.86. The molecule has 1 aromatic carbocycles. The Kier molecular flexibility index (Phi) is 4.71. The Morgan fingerprint density at radius 1 is 1.05 bits per heavy atom. The van der Waals surface area contributed by atoms with E-state index in [1.165, 1.54) is 12.1 Å². The second-order valence-electron chi connectivity index (χ2n) is 4.42. The van der Waals surface area contributed by atoms with Gasteiger partial charge in [-0.05, 0) is 34.1 Å². The van der Waals surface area contributed by atoms with Crippen molar-refractivity contribution in [2.45, 2.75) is 4.90 Å². The van der Waals surface area contributed by atoms with Crippen molar-refractivity contribution in [2.75, 3.05) is 26.2 Å². The molecule has 1 aliphatic rings. The molecule has 0 aromatic heterocycles. The van der Waals surface area contributed by atoms with Gasteiger partial charge in [-0.1, -0.05) is 0 Å². The van der Waals surface area contributed by atoms with E-state index in [1.54, 1.807) is 0 Å². The van der Waals surface area contributed by atoms with Gasteiger partial charge >= 0.3 is 0 Å². The van der Waals surface area contributed by atoms with Crippen molar-refractivity contribution in [1.29, 1.82) is 0 Å². The summed E-state index contributed by atoms with van der Waals surface area (Å²) >= 11 is 2.95. The molecule has 0 atom stereocenters. The highest BCUT2D eigenvalue weighted by Crippen LogP contribution is 2.23. The molecule has 0 bridgehead atoms. The quantitative estimate of drug-likeness (QED) is 0.775. The third-order valence-electron chi connectivity index (χ3n) is 3.09. The van der Waals surface area contributed by atoms with Crippen LogP contribution in [0.5, 0.6) is 0 Å². The van der Waals surface area contributed by atoms with Crippen LogP contribution < -0.4 is 5.14 Å². The van der Waals surface area contributed by atoms with Crippen LogP contribution in [0.3, 0.4) is 0 Å². The first-order valence-corrected chi connectivity index (χ1v) is 9.59. The van der Waals surface area contributed by atoms with Crippen LogP contribution in [0, 0.1) is 5.82 Å². The molecule has 118 valence electrons. The first-order valence-electron chi connectivity index (χ1n) is 5.85. The van der Waals surface area contributed by atoms with E-state index in [1.807, 2.05) is 0 Å². The molecule has 7 nitrogen and oxygen atoms in total. The fourth-order valence-electron chi connectivity index (χ4n) is 1.95. The van der Waals surface area contributed by atoms with Crippen molar-refractivity contribution in [2.24, 2.45) is 5.14 Å². The zero-order chi connectivity index (χ0) is 15.8. The van der Waals surface area contributed by atoms with Gasteiger partial charge in [0.15, 0.2) is 0 Å². The molecule has 1 heterocycles. The predicted molar refractivity (Wildman–Crippen MR) is 77.5 cm³/mol. The average Bonchev–Trinajstić information content (AvgIpc) is 2.41. The molecule has 0 spiro atoms. The molecular formula is C10H13BrFN3O4S2. The van der Waals surface area contributed by atoms with E-state index < -0.39 is 26.0 Å². The average molecular weight is 402 g/mol. The van der Waals surface area contributed by atoms with Gasteiger partial charge in [0.05, 0.1) is 9.37 Å². The molecule has 0 saturated carbocycles. The SMILES string of the molecule is NS(=O)(=O)N1CCN(S(=O)(=O)c2ccc(Br)c(F)c2)CC1. The number of nitrogens with two attached hydrogens (primary N) is 1. The molecule has 0 radical (unpaired) electrons. The number of hydrogen-bond donors (Lipinski definition) is 1. The third kappa shape index (κ3) is 3.60. The van der Waals surface area contributed by atoms with Crippen LogP contribution in [0.25, 0.3) is 0 Å². The summed E-state index contributed by atoms with van der Waals surface area (Å²) in [5.74, 6) is -0.681. The summed E-state index contributed by atoms with van der Waals surface area (Å²) in [7, 11) is -7.69. The molecule has 0 unspecified atom stereocenters. The number of rotatable bonds is 3. The number of hydrogen-bond acceptors (Lipinski definition) is 4. The first kappa shape index (κ1) is 16.8.